The van der Waals surface area contributed by atoms with Gasteiger partial charge < -0.3 is 9.84 Å². The van der Waals surface area contributed by atoms with E-state index in [0.717, 1.165) is 54.6 Å². The highest BCUT2D eigenvalue weighted by Gasteiger charge is 2.31. The van der Waals surface area contributed by atoms with E-state index < -0.39 is 0 Å². The molecular weight excluding hydrogens is 252 g/mol. The number of pyridine rings is 2. The summed E-state index contributed by atoms with van der Waals surface area (Å²) in [6.45, 7) is 2.88. The van der Waals surface area contributed by atoms with E-state index >= 15 is 0 Å². The summed E-state index contributed by atoms with van der Waals surface area (Å²) >= 11 is 0. The number of nitrogens with zero attached hydrogens (tertiary/aromatic N) is 2. The van der Waals surface area contributed by atoms with E-state index in [2.05, 4.69) is 16.9 Å². The van der Waals surface area contributed by atoms with Crippen LogP contribution in [0.2, 0.25) is 0 Å². The zero-order valence-corrected chi connectivity index (χ0v) is 11.7. The van der Waals surface area contributed by atoms with Crippen molar-refractivity contribution >= 4 is 10.9 Å². The Kier molecular flexibility index (Phi) is 3.83. The topological polar surface area (TPSA) is 55.2 Å². The first-order chi connectivity index (χ1) is 9.78. The minimum absolute atomic E-state index is 0.172. The van der Waals surface area contributed by atoms with Crippen LogP contribution in [0.25, 0.3) is 10.9 Å². The predicted octanol–water partition coefficient (Wildman–Crippen LogP) is 3.05. The van der Waals surface area contributed by atoms with Crippen LogP contribution in [0.1, 0.15) is 44.2 Å². The average Bonchev–Trinajstić information content (AvgIpc) is 2.43. The van der Waals surface area contributed by atoms with E-state index in [1.165, 1.54) is 0 Å². The van der Waals surface area contributed by atoms with Crippen LogP contribution in [-0.2, 0) is 0 Å². The van der Waals surface area contributed by atoms with Gasteiger partial charge in [-0.25, -0.2) is 0 Å². The molecule has 1 fully saturated rings. The lowest BCUT2D eigenvalue weighted by Gasteiger charge is -2.31. The van der Waals surface area contributed by atoms with Gasteiger partial charge in [0, 0.05) is 17.5 Å². The molecule has 1 aliphatic carbocycles. The van der Waals surface area contributed by atoms with Crippen LogP contribution in [0, 0.1) is 0 Å². The number of fused-ring (bicyclic) bond motifs is 1. The predicted molar refractivity (Wildman–Crippen MR) is 77.9 cm³/mol. The number of rotatable bonds is 5. The molecule has 0 saturated heterocycles. The zero-order chi connectivity index (χ0) is 13.9. The lowest BCUT2D eigenvalue weighted by atomic mass is 9.79. The number of aliphatic hydroxyl groups excluding tert-OH is 1. The zero-order valence-electron chi connectivity index (χ0n) is 11.7. The van der Waals surface area contributed by atoms with E-state index in [-0.39, 0.29) is 6.10 Å². The van der Waals surface area contributed by atoms with Crippen molar-refractivity contribution in [3.05, 3.63) is 30.2 Å². The summed E-state index contributed by atoms with van der Waals surface area (Å²) in [4.78, 5) is 8.97. The average molecular weight is 272 g/mol. The molecule has 1 saturated carbocycles. The van der Waals surface area contributed by atoms with Crippen molar-refractivity contribution in [2.24, 2.45) is 0 Å². The summed E-state index contributed by atoms with van der Waals surface area (Å²) in [7, 11) is 0. The van der Waals surface area contributed by atoms with Gasteiger partial charge in [0.1, 0.15) is 5.75 Å². The molecule has 1 aliphatic rings. The summed E-state index contributed by atoms with van der Waals surface area (Å²) in [5, 5.41) is 10.5. The van der Waals surface area contributed by atoms with Gasteiger partial charge in [-0.15, -0.1) is 0 Å². The number of unbranched alkanes of at least 4 members (excludes halogenated alkanes) is 1. The molecule has 0 radical (unpaired) electrons. The Morgan fingerprint density at radius 3 is 2.95 bits per heavy atom. The Balaban J connectivity index is 1.84. The largest absolute Gasteiger partial charge is 0.492 e. The van der Waals surface area contributed by atoms with Crippen LogP contribution in [0.15, 0.2) is 24.5 Å². The summed E-state index contributed by atoms with van der Waals surface area (Å²) < 4.78 is 5.69. The van der Waals surface area contributed by atoms with Gasteiger partial charge in [0.2, 0.25) is 0 Å². The third-order valence-corrected chi connectivity index (χ3v) is 3.87. The number of aliphatic hydroxyl groups is 1. The van der Waals surface area contributed by atoms with Crippen LogP contribution in [0.5, 0.6) is 5.75 Å². The lowest BCUT2D eigenvalue weighted by Crippen LogP contribution is -2.27. The summed E-state index contributed by atoms with van der Waals surface area (Å²) in [6, 6.07) is 3.99. The first-order valence-corrected chi connectivity index (χ1v) is 7.33. The van der Waals surface area contributed by atoms with Crippen molar-refractivity contribution in [3.8, 4) is 5.75 Å². The van der Waals surface area contributed by atoms with Crippen molar-refractivity contribution in [1.29, 1.82) is 0 Å². The molecule has 2 heterocycles. The molecule has 0 aliphatic heterocycles. The molecule has 2 aromatic heterocycles. The molecule has 3 rings (SSSR count). The second-order valence-corrected chi connectivity index (χ2v) is 5.46. The van der Waals surface area contributed by atoms with Crippen LogP contribution in [-0.4, -0.2) is 27.8 Å². The first kappa shape index (κ1) is 13.3. The Morgan fingerprint density at radius 2 is 2.20 bits per heavy atom. The molecule has 0 amide bonds. The highest BCUT2D eigenvalue weighted by atomic mass is 16.5. The molecule has 2 aromatic rings. The van der Waals surface area contributed by atoms with E-state index in [1.807, 2.05) is 18.3 Å². The van der Waals surface area contributed by atoms with Crippen molar-refractivity contribution in [3.63, 3.8) is 0 Å². The van der Waals surface area contributed by atoms with Gasteiger partial charge >= 0.3 is 0 Å². The van der Waals surface area contributed by atoms with Crippen LogP contribution in [0.3, 0.4) is 0 Å². The van der Waals surface area contributed by atoms with E-state index in [9.17, 15) is 5.11 Å². The van der Waals surface area contributed by atoms with Gasteiger partial charge in [-0.05, 0) is 31.4 Å². The third kappa shape index (κ3) is 2.61. The molecule has 0 aromatic carbocycles. The van der Waals surface area contributed by atoms with Gasteiger partial charge in [-0.2, -0.15) is 0 Å². The maximum atomic E-state index is 9.45. The summed E-state index contributed by atoms with van der Waals surface area (Å²) in [5.41, 5.74) is 1.94. The van der Waals surface area contributed by atoms with E-state index in [1.54, 1.807) is 6.20 Å². The number of aromatic nitrogens is 2. The second-order valence-electron chi connectivity index (χ2n) is 5.46. The molecule has 0 bridgehead atoms. The van der Waals surface area contributed by atoms with Crippen molar-refractivity contribution < 1.29 is 9.84 Å². The van der Waals surface area contributed by atoms with E-state index in [4.69, 9.17) is 4.74 Å². The summed E-state index contributed by atoms with van der Waals surface area (Å²) in [5.74, 6) is 1.16. The van der Waals surface area contributed by atoms with Crippen molar-refractivity contribution in [1.82, 2.24) is 9.97 Å². The number of ether oxygens (including phenoxy) is 1. The Morgan fingerprint density at radius 1 is 1.35 bits per heavy atom. The highest BCUT2D eigenvalue weighted by molar-refractivity contribution is 5.82. The number of hydrogen-bond donors (Lipinski definition) is 1. The van der Waals surface area contributed by atoms with Gasteiger partial charge in [0.15, 0.2) is 0 Å². The molecule has 4 heteroatoms. The lowest BCUT2D eigenvalue weighted by molar-refractivity contribution is 0.0737. The molecule has 0 unspecified atom stereocenters. The van der Waals surface area contributed by atoms with Crippen LogP contribution in [0.4, 0.5) is 0 Å². The fourth-order valence-electron chi connectivity index (χ4n) is 2.58. The van der Waals surface area contributed by atoms with Gasteiger partial charge in [-0.1, -0.05) is 13.3 Å². The number of hydrogen-bond acceptors (Lipinski definition) is 4. The SMILES string of the molecule is CCCCOc1cnc2c(C3CC(O)C3)nccc2c1. The standard InChI is InChI=1S/C16H20N2O2/c1-2-3-6-20-14-9-11-4-5-17-16(15(11)18-10-14)12-7-13(19)8-12/h4-5,9-10,12-13,19H,2-3,6-8H2,1H3. The Bertz CT molecular complexity index is 594. The molecule has 1 N–H and O–H groups in total. The van der Waals surface area contributed by atoms with Crippen molar-refractivity contribution in [2.75, 3.05) is 6.61 Å². The maximum absolute atomic E-state index is 9.45. The van der Waals surface area contributed by atoms with Crippen LogP contribution >= 0.6 is 0 Å². The Labute approximate surface area is 118 Å². The normalized spacial score (nSPS) is 21.7. The molecule has 0 spiro atoms. The minimum Gasteiger partial charge on any atom is -0.492 e. The smallest absolute Gasteiger partial charge is 0.138 e. The molecule has 20 heavy (non-hydrogen) atoms. The Hall–Kier alpha value is -1.68. The van der Waals surface area contributed by atoms with Gasteiger partial charge in [0.25, 0.3) is 0 Å². The first-order valence-electron chi connectivity index (χ1n) is 7.33. The quantitative estimate of drug-likeness (QED) is 0.850. The minimum atomic E-state index is -0.172. The van der Waals surface area contributed by atoms with Gasteiger partial charge in [-0.3, -0.25) is 9.97 Å². The monoisotopic (exact) mass is 272 g/mol. The highest BCUT2D eigenvalue weighted by Crippen LogP contribution is 2.38. The second kappa shape index (κ2) is 5.75. The third-order valence-electron chi connectivity index (χ3n) is 3.87. The summed E-state index contributed by atoms with van der Waals surface area (Å²) in [6.07, 6.45) is 7.19. The van der Waals surface area contributed by atoms with Crippen molar-refractivity contribution in [2.45, 2.75) is 44.6 Å². The van der Waals surface area contributed by atoms with E-state index in [0.29, 0.717) is 5.92 Å². The van der Waals surface area contributed by atoms with Gasteiger partial charge in [0.05, 0.1) is 30.1 Å². The molecule has 0 atom stereocenters. The maximum Gasteiger partial charge on any atom is 0.138 e. The molecular formula is C16H20N2O2. The molecule has 4 nitrogen and oxygen atoms in total. The van der Waals surface area contributed by atoms with Crippen LogP contribution < -0.4 is 4.74 Å². The fourth-order valence-corrected chi connectivity index (χ4v) is 2.58. The molecule has 106 valence electrons. The fraction of sp³-hybridized carbons (Fsp3) is 0.500.